The smallest absolute Gasteiger partial charge is 0.308 e. The van der Waals surface area contributed by atoms with E-state index in [1.54, 1.807) is 0 Å². The zero-order valence-electron chi connectivity index (χ0n) is 14.4. The Balaban J connectivity index is 1.91. The predicted molar refractivity (Wildman–Crippen MR) is 89.9 cm³/mol. The Hall–Kier alpha value is -1.15. The van der Waals surface area contributed by atoms with Crippen molar-refractivity contribution in [1.29, 1.82) is 0 Å². The van der Waals surface area contributed by atoms with Crippen LogP contribution in [0.25, 0.3) is 0 Å². The zero-order valence-corrected chi connectivity index (χ0v) is 15.2. The van der Waals surface area contributed by atoms with E-state index in [1.807, 2.05) is 0 Å². The topological polar surface area (TPSA) is 104 Å². The number of rotatable bonds is 8. The number of hydrogen-bond acceptors (Lipinski definition) is 4. The fraction of sp³-hybridized carbons (Fsp3) is 0.875. The summed E-state index contributed by atoms with van der Waals surface area (Å²) in [5.41, 5.74) is 0. The van der Waals surface area contributed by atoms with Crippen LogP contribution in [0.5, 0.6) is 0 Å². The van der Waals surface area contributed by atoms with E-state index in [0.717, 1.165) is 38.5 Å². The molecule has 0 heterocycles. The van der Waals surface area contributed by atoms with Crippen LogP contribution in [-0.4, -0.2) is 54.7 Å². The van der Waals surface area contributed by atoms with E-state index in [-0.39, 0.29) is 18.6 Å². The number of nitrogens with zero attached hydrogens (tertiary/aromatic N) is 1. The minimum atomic E-state index is -3.69. The number of hydrogen-bond donors (Lipinski definition) is 2. The molecule has 0 aromatic carbocycles. The highest BCUT2D eigenvalue weighted by atomic mass is 32.2. The second kappa shape index (κ2) is 7.82. The number of carboxylic acid groups (broad SMARTS) is 1. The highest BCUT2D eigenvalue weighted by Crippen LogP contribution is 2.28. The molecule has 0 radical (unpaired) electrons. The van der Waals surface area contributed by atoms with Gasteiger partial charge in [0.15, 0.2) is 0 Å². The summed E-state index contributed by atoms with van der Waals surface area (Å²) >= 11 is 0. The quantitative estimate of drug-likeness (QED) is 0.677. The van der Waals surface area contributed by atoms with E-state index >= 15 is 0 Å². The van der Waals surface area contributed by atoms with Crippen molar-refractivity contribution in [2.45, 2.75) is 64.5 Å². The van der Waals surface area contributed by atoms with Gasteiger partial charge < -0.3 is 10.0 Å². The molecular weight excluding hydrogens is 332 g/mol. The Morgan fingerprint density at radius 3 is 2.25 bits per heavy atom. The summed E-state index contributed by atoms with van der Waals surface area (Å²) in [6, 6.07) is -0.101. The molecular formula is C16H28N2O5S. The van der Waals surface area contributed by atoms with Crippen molar-refractivity contribution in [2.24, 2.45) is 11.8 Å². The van der Waals surface area contributed by atoms with E-state index in [9.17, 15) is 18.0 Å². The van der Waals surface area contributed by atoms with Crippen LogP contribution in [0.4, 0.5) is 0 Å². The Bertz CT molecular complexity index is 565. The summed E-state index contributed by atoms with van der Waals surface area (Å²) in [7, 11) is -3.69. The third-order valence-electron chi connectivity index (χ3n) is 4.88. The molecule has 2 aliphatic rings. The molecule has 0 aromatic heterocycles. The van der Waals surface area contributed by atoms with Crippen LogP contribution in [0.3, 0.4) is 0 Å². The van der Waals surface area contributed by atoms with Gasteiger partial charge in [-0.3, -0.25) is 9.59 Å². The van der Waals surface area contributed by atoms with Crippen molar-refractivity contribution >= 4 is 21.9 Å². The summed E-state index contributed by atoms with van der Waals surface area (Å²) in [6.07, 6.45) is 5.21. The first kappa shape index (κ1) is 19.2. The number of carboxylic acids is 1. The Kier molecular flexibility index (Phi) is 6.25. The Morgan fingerprint density at radius 1 is 1.17 bits per heavy atom. The molecule has 0 bridgehead atoms. The molecule has 1 unspecified atom stereocenters. The van der Waals surface area contributed by atoms with Gasteiger partial charge >= 0.3 is 5.97 Å². The van der Waals surface area contributed by atoms with Crippen LogP contribution in [-0.2, 0) is 19.6 Å². The zero-order chi connectivity index (χ0) is 17.9. The number of nitrogens with one attached hydrogen (secondary N) is 1. The molecule has 1 amide bonds. The molecule has 2 rings (SSSR count). The summed E-state index contributed by atoms with van der Waals surface area (Å²) in [4.78, 5) is 24.8. The van der Waals surface area contributed by atoms with E-state index in [1.165, 1.54) is 11.8 Å². The molecule has 8 heteroatoms. The van der Waals surface area contributed by atoms with Crippen LogP contribution in [0.1, 0.15) is 52.4 Å². The molecule has 24 heavy (non-hydrogen) atoms. The van der Waals surface area contributed by atoms with Gasteiger partial charge in [0.25, 0.3) is 0 Å². The van der Waals surface area contributed by atoms with E-state index in [0.29, 0.717) is 5.92 Å². The maximum absolute atomic E-state index is 12.4. The van der Waals surface area contributed by atoms with Gasteiger partial charge in [0.1, 0.15) is 5.75 Å². The highest BCUT2D eigenvalue weighted by Gasteiger charge is 2.36. The standard InChI is InChI=1S/C16H28N2O5S/c1-11-3-5-13(6-4-11)17-24(22,23)10-15(19)18(14-7-8-14)9-12(2)16(20)21/h11-14,17H,3-10H2,1-2H3,(H,20,21). The number of aliphatic carboxylic acids is 1. The first-order chi connectivity index (χ1) is 11.2. The molecule has 0 saturated heterocycles. The second-order valence-electron chi connectivity index (χ2n) is 7.35. The van der Waals surface area contributed by atoms with Crippen molar-refractivity contribution < 1.29 is 23.1 Å². The van der Waals surface area contributed by atoms with Crippen LogP contribution < -0.4 is 4.72 Å². The fourth-order valence-corrected chi connectivity index (χ4v) is 4.45. The molecule has 1 atom stereocenters. The molecule has 0 spiro atoms. The normalized spacial score (nSPS) is 25.9. The minimum Gasteiger partial charge on any atom is -0.481 e. The molecule has 2 aliphatic carbocycles. The van der Waals surface area contributed by atoms with Crippen molar-refractivity contribution in [3.8, 4) is 0 Å². The van der Waals surface area contributed by atoms with Crippen LogP contribution in [0.2, 0.25) is 0 Å². The van der Waals surface area contributed by atoms with Gasteiger partial charge in [-0.15, -0.1) is 0 Å². The summed E-state index contributed by atoms with van der Waals surface area (Å²) in [6.45, 7) is 3.75. The minimum absolute atomic E-state index is 0.00923. The molecule has 0 aliphatic heterocycles. The van der Waals surface area contributed by atoms with Gasteiger partial charge in [-0.2, -0.15) is 0 Å². The van der Waals surface area contributed by atoms with Gasteiger partial charge in [-0.1, -0.05) is 13.8 Å². The summed E-state index contributed by atoms with van der Waals surface area (Å²) in [5.74, 6) is -2.16. The van der Waals surface area contributed by atoms with E-state index in [2.05, 4.69) is 11.6 Å². The number of sulfonamides is 1. The average molecular weight is 360 g/mol. The number of carbonyl (C=O) groups is 2. The van der Waals surface area contributed by atoms with Crippen molar-refractivity contribution in [2.75, 3.05) is 12.3 Å². The molecule has 0 aromatic rings. The van der Waals surface area contributed by atoms with Crippen LogP contribution in [0, 0.1) is 11.8 Å². The lowest BCUT2D eigenvalue weighted by molar-refractivity contribution is -0.142. The fourth-order valence-electron chi connectivity index (χ4n) is 3.13. The number of carbonyl (C=O) groups excluding carboxylic acids is 1. The second-order valence-corrected chi connectivity index (χ2v) is 9.10. The molecule has 7 nitrogen and oxygen atoms in total. The van der Waals surface area contributed by atoms with Gasteiger partial charge in [0.2, 0.25) is 15.9 Å². The summed E-state index contributed by atoms with van der Waals surface area (Å²) < 4.78 is 27.2. The van der Waals surface area contributed by atoms with Crippen LogP contribution >= 0.6 is 0 Å². The van der Waals surface area contributed by atoms with Crippen LogP contribution in [0.15, 0.2) is 0 Å². The van der Waals surface area contributed by atoms with E-state index in [4.69, 9.17) is 5.11 Å². The lowest BCUT2D eigenvalue weighted by atomic mass is 9.88. The monoisotopic (exact) mass is 360 g/mol. The molecule has 2 fully saturated rings. The van der Waals surface area contributed by atoms with E-state index < -0.39 is 33.6 Å². The molecule has 2 N–H and O–H groups in total. The highest BCUT2D eigenvalue weighted by molar-refractivity contribution is 7.90. The Labute approximate surface area is 143 Å². The van der Waals surface area contributed by atoms with Crippen molar-refractivity contribution in [3.05, 3.63) is 0 Å². The average Bonchev–Trinajstić information content (AvgIpc) is 3.30. The summed E-state index contributed by atoms with van der Waals surface area (Å²) in [5, 5.41) is 9.02. The third-order valence-corrected chi connectivity index (χ3v) is 6.20. The molecule has 138 valence electrons. The predicted octanol–water partition coefficient (Wildman–Crippen LogP) is 1.20. The van der Waals surface area contributed by atoms with Crippen molar-refractivity contribution in [3.63, 3.8) is 0 Å². The van der Waals surface area contributed by atoms with Crippen molar-refractivity contribution in [1.82, 2.24) is 9.62 Å². The lowest BCUT2D eigenvalue weighted by Crippen LogP contribution is -2.46. The maximum atomic E-state index is 12.4. The van der Waals surface area contributed by atoms with Gasteiger partial charge in [0, 0.05) is 18.6 Å². The first-order valence-corrected chi connectivity index (χ1v) is 10.4. The largest absolute Gasteiger partial charge is 0.481 e. The first-order valence-electron chi connectivity index (χ1n) is 8.70. The maximum Gasteiger partial charge on any atom is 0.308 e. The third kappa shape index (κ3) is 5.73. The lowest BCUT2D eigenvalue weighted by Gasteiger charge is -2.28. The molecule has 2 saturated carbocycles. The SMILES string of the molecule is CC1CCC(NS(=O)(=O)CC(=O)N(CC(C)C(=O)O)C2CC2)CC1. The van der Waals surface area contributed by atoms with Gasteiger partial charge in [0.05, 0.1) is 5.92 Å². The van der Waals surface area contributed by atoms with Gasteiger partial charge in [-0.05, 0) is 44.4 Å². The van der Waals surface area contributed by atoms with Gasteiger partial charge in [-0.25, -0.2) is 13.1 Å². The number of amides is 1. The Morgan fingerprint density at radius 2 is 1.75 bits per heavy atom.